The molecular formula is C23H23FN2O3. The summed E-state index contributed by atoms with van der Waals surface area (Å²) in [6.07, 6.45) is 4.20. The second-order valence-corrected chi connectivity index (χ2v) is 7.63. The van der Waals surface area contributed by atoms with Gasteiger partial charge in [0.15, 0.2) is 0 Å². The molecule has 5 nitrogen and oxygen atoms in total. The van der Waals surface area contributed by atoms with Crippen LogP contribution in [0.3, 0.4) is 0 Å². The minimum absolute atomic E-state index is 0.126. The first-order chi connectivity index (χ1) is 14.0. The smallest absolute Gasteiger partial charge is 0.410 e. The second-order valence-electron chi connectivity index (χ2n) is 7.63. The molecule has 0 radical (unpaired) electrons. The average molecular weight is 394 g/mol. The predicted octanol–water partition coefficient (Wildman–Crippen LogP) is 4.29. The van der Waals surface area contributed by atoms with Gasteiger partial charge in [-0.3, -0.25) is 9.69 Å². The Balaban J connectivity index is 1.46. The number of likely N-dealkylation sites (tertiary alicyclic amines) is 1. The molecule has 0 saturated carbocycles. The lowest BCUT2D eigenvalue weighted by atomic mass is 9.83. The van der Waals surface area contributed by atoms with Crippen molar-refractivity contribution >= 4 is 17.7 Å². The minimum atomic E-state index is -0.555. The zero-order valence-electron chi connectivity index (χ0n) is 16.3. The van der Waals surface area contributed by atoms with Crippen LogP contribution in [0.4, 0.5) is 14.9 Å². The summed E-state index contributed by atoms with van der Waals surface area (Å²) >= 11 is 0. The van der Waals surface area contributed by atoms with Crippen molar-refractivity contribution in [1.82, 2.24) is 4.90 Å². The van der Waals surface area contributed by atoms with E-state index in [2.05, 4.69) is 0 Å². The minimum Gasteiger partial charge on any atom is -0.445 e. The molecule has 1 fully saturated rings. The molecule has 0 bridgehead atoms. The molecule has 2 aliphatic rings. The summed E-state index contributed by atoms with van der Waals surface area (Å²) in [6.45, 7) is 2.63. The number of rotatable bonds is 3. The number of carbonyl (C=O) groups excluding carboxylic acids is 2. The molecule has 0 aliphatic carbocycles. The number of ether oxygens (including phenoxy) is 1. The molecule has 0 N–H and O–H groups in total. The van der Waals surface area contributed by atoms with E-state index in [4.69, 9.17) is 4.74 Å². The van der Waals surface area contributed by atoms with Gasteiger partial charge in [0.1, 0.15) is 12.4 Å². The van der Waals surface area contributed by atoms with Crippen molar-refractivity contribution in [2.24, 2.45) is 0 Å². The highest BCUT2D eigenvalue weighted by Crippen LogP contribution is 2.40. The summed E-state index contributed by atoms with van der Waals surface area (Å²) in [7, 11) is 0. The van der Waals surface area contributed by atoms with Gasteiger partial charge >= 0.3 is 6.09 Å². The lowest BCUT2D eigenvalue weighted by molar-refractivity contribution is -0.114. The average Bonchev–Trinajstić information content (AvgIpc) is 3.02. The van der Waals surface area contributed by atoms with Crippen molar-refractivity contribution in [1.29, 1.82) is 0 Å². The molecule has 6 heteroatoms. The SMILES string of the molecule is C[C@H]1C[C@@]2(C=CC(=O)N2c2cccc(F)c2)CCN1C(=O)OCc1ccccc1. The first kappa shape index (κ1) is 19.2. The molecule has 150 valence electrons. The number of hydrogen-bond donors (Lipinski definition) is 0. The lowest BCUT2D eigenvalue weighted by Crippen LogP contribution is -2.57. The molecule has 2 heterocycles. The number of amides is 2. The first-order valence-electron chi connectivity index (χ1n) is 9.75. The van der Waals surface area contributed by atoms with Crippen molar-refractivity contribution in [3.8, 4) is 0 Å². The largest absolute Gasteiger partial charge is 0.445 e. The predicted molar refractivity (Wildman–Crippen MR) is 108 cm³/mol. The molecule has 1 saturated heterocycles. The van der Waals surface area contributed by atoms with Crippen LogP contribution in [0, 0.1) is 5.82 Å². The maximum absolute atomic E-state index is 13.7. The van der Waals surface area contributed by atoms with Crippen LogP contribution in [0.5, 0.6) is 0 Å². The number of piperidine rings is 1. The topological polar surface area (TPSA) is 49.9 Å². The Labute approximate surface area is 169 Å². The van der Waals surface area contributed by atoms with E-state index in [-0.39, 0.29) is 30.5 Å². The summed E-state index contributed by atoms with van der Waals surface area (Å²) in [6, 6.07) is 15.5. The maximum atomic E-state index is 13.7. The van der Waals surface area contributed by atoms with Gasteiger partial charge in [-0.15, -0.1) is 0 Å². The Kier molecular flexibility index (Phi) is 5.09. The Bertz CT molecular complexity index is 946. The van der Waals surface area contributed by atoms with Gasteiger partial charge in [-0.25, -0.2) is 9.18 Å². The van der Waals surface area contributed by atoms with Crippen molar-refractivity contribution in [2.75, 3.05) is 11.4 Å². The van der Waals surface area contributed by atoms with Gasteiger partial charge in [-0.05, 0) is 43.5 Å². The third-order valence-electron chi connectivity index (χ3n) is 5.67. The van der Waals surface area contributed by atoms with Crippen LogP contribution in [0.25, 0.3) is 0 Å². The second kappa shape index (κ2) is 7.70. The third kappa shape index (κ3) is 3.75. The van der Waals surface area contributed by atoms with Crippen molar-refractivity contribution < 1.29 is 18.7 Å². The molecule has 4 rings (SSSR count). The molecule has 2 aromatic rings. The van der Waals surface area contributed by atoms with Gasteiger partial charge in [0.25, 0.3) is 5.91 Å². The van der Waals surface area contributed by atoms with E-state index in [0.29, 0.717) is 25.1 Å². The molecule has 2 amide bonds. The van der Waals surface area contributed by atoms with E-state index >= 15 is 0 Å². The molecule has 2 atom stereocenters. The van der Waals surface area contributed by atoms with E-state index in [9.17, 15) is 14.0 Å². The zero-order chi connectivity index (χ0) is 20.4. The molecule has 29 heavy (non-hydrogen) atoms. The van der Waals surface area contributed by atoms with Crippen LogP contribution in [0.15, 0.2) is 66.7 Å². The van der Waals surface area contributed by atoms with Crippen molar-refractivity contribution in [2.45, 2.75) is 38.0 Å². The number of nitrogens with zero attached hydrogens (tertiary/aromatic N) is 2. The van der Waals surface area contributed by atoms with Crippen LogP contribution in [-0.4, -0.2) is 35.0 Å². The van der Waals surface area contributed by atoms with E-state index in [1.165, 1.54) is 12.1 Å². The fourth-order valence-electron chi connectivity index (χ4n) is 4.28. The highest BCUT2D eigenvalue weighted by Gasteiger charge is 2.47. The molecule has 0 unspecified atom stereocenters. The van der Waals surface area contributed by atoms with Crippen molar-refractivity contribution in [3.05, 3.63) is 78.1 Å². The Morgan fingerprint density at radius 2 is 2.00 bits per heavy atom. The zero-order valence-corrected chi connectivity index (χ0v) is 16.3. The van der Waals surface area contributed by atoms with Crippen LogP contribution in [0.2, 0.25) is 0 Å². The standard InChI is InChI=1S/C23H23FN2O3/c1-17-15-23(11-10-21(27)26(23)20-9-5-8-19(24)14-20)12-13-25(17)22(28)29-16-18-6-3-2-4-7-18/h2-11,14,17H,12-13,15-16H2,1H3/t17-,23+/m0/s1. The number of benzene rings is 2. The fourth-order valence-corrected chi connectivity index (χ4v) is 4.28. The Hall–Kier alpha value is -3.15. The van der Waals surface area contributed by atoms with Gasteiger partial charge in [0.2, 0.25) is 0 Å². The van der Waals surface area contributed by atoms with Crippen LogP contribution in [0.1, 0.15) is 25.3 Å². The van der Waals surface area contributed by atoms with E-state index in [1.807, 2.05) is 43.3 Å². The summed E-state index contributed by atoms with van der Waals surface area (Å²) in [5.41, 5.74) is 0.913. The van der Waals surface area contributed by atoms with E-state index in [0.717, 1.165) is 5.56 Å². The number of halogens is 1. The van der Waals surface area contributed by atoms with Gasteiger partial charge in [0, 0.05) is 24.4 Å². The highest BCUT2D eigenvalue weighted by molar-refractivity contribution is 6.06. The van der Waals surface area contributed by atoms with Crippen LogP contribution in [-0.2, 0) is 16.1 Å². The molecule has 1 spiro atoms. The van der Waals surface area contributed by atoms with Crippen LogP contribution >= 0.6 is 0 Å². The third-order valence-corrected chi connectivity index (χ3v) is 5.67. The van der Waals surface area contributed by atoms with Gasteiger partial charge < -0.3 is 9.64 Å². The lowest BCUT2D eigenvalue weighted by Gasteiger charge is -2.47. The molecule has 2 aromatic carbocycles. The summed E-state index contributed by atoms with van der Waals surface area (Å²) in [4.78, 5) is 28.5. The van der Waals surface area contributed by atoms with Crippen molar-refractivity contribution in [3.63, 3.8) is 0 Å². The van der Waals surface area contributed by atoms with Gasteiger partial charge in [-0.1, -0.05) is 42.5 Å². The van der Waals surface area contributed by atoms with E-state index < -0.39 is 5.54 Å². The van der Waals surface area contributed by atoms with Gasteiger partial charge in [0.05, 0.1) is 5.54 Å². The maximum Gasteiger partial charge on any atom is 0.410 e. The highest BCUT2D eigenvalue weighted by atomic mass is 19.1. The number of carbonyl (C=O) groups is 2. The van der Waals surface area contributed by atoms with Crippen LogP contribution < -0.4 is 4.90 Å². The quantitative estimate of drug-likeness (QED) is 0.780. The Morgan fingerprint density at radius 1 is 1.21 bits per heavy atom. The summed E-state index contributed by atoms with van der Waals surface area (Å²) < 4.78 is 19.2. The molecule has 2 aliphatic heterocycles. The van der Waals surface area contributed by atoms with E-state index in [1.54, 1.807) is 28.0 Å². The fraction of sp³-hybridized carbons (Fsp3) is 0.304. The number of anilines is 1. The summed E-state index contributed by atoms with van der Waals surface area (Å²) in [5.74, 6) is -0.546. The molecule has 0 aromatic heterocycles. The number of hydrogen-bond acceptors (Lipinski definition) is 3. The normalized spacial score (nSPS) is 23.7. The first-order valence-corrected chi connectivity index (χ1v) is 9.75. The summed E-state index contributed by atoms with van der Waals surface area (Å²) in [5, 5.41) is 0. The monoisotopic (exact) mass is 394 g/mol. The molecular weight excluding hydrogens is 371 g/mol. The Morgan fingerprint density at radius 3 is 2.72 bits per heavy atom. The van der Waals surface area contributed by atoms with Gasteiger partial charge in [-0.2, -0.15) is 0 Å².